The van der Waals surface area contributed by atoms with Crippen molar-refractivity contribution in [1.29, 1.82) is 0 Å². The molecule has 3 atom stereocenters. The molecular weight excluding hydrogens is 882 g/mol. The smallest absolute Gasteiger partial charge is 0.338 e. The number of amides is 6. The summed E-state index contributed by atoms with van der Waals surface area (Å²) in [6.45, 7) is -0.217. The quantitative estimate of drug-likeness (QED) is 0.100. The molecule has 3 aliphatic heterocycles. The number of hydrogen-bond donors (Lipinski definition) is 7. The number of halogens is 6. The number of esters is 2. The molecule has 3 heterocycles. The number of carbonyl (C=O) groups excluding carboxylic acids is 5. The number of carboxylic acids is 1. The van der Waals surface area contributed by atoms with Crippen LogP contribution in [0.15, 0.2) is 88.4 Å². The Bertz CT molecular complexity index is 2340. The Morgan fingerprint density at radius 1 is 0.477 bits per heavy atom. The minimum atomic E-state index is -1.30. The average molecular weight is 923 g/mol. The topological polar surface area (TPSA) is 241 Å². The monoisotopic (exact) mass is 922 g/mol. The van der Waals surface area contributed by atoms with Gasteiger partial charge in [0.1, 0.15) is 0 Å². The van der Waals surface area contributed by atoms with Gasteiger partial charge in [0, 0.05) is 21.3 Å². The maximum Gasteiger partial charge on any atom is 0.338 e. The number of ether oxygens (including phenoxy) is 5. The molecule has 1 unspecified atom stereocenters. The lowest BCUT2D eigenvalue weighted by molar-refractivity contribution is -0.137. The number of benzene rings is 3. The van der Waals surface area contributed by atoms with Crippen LogP contribution in [0.1, 0.15) is 34.8 Å². The number of nitrogens with one attached hydrogen (secondary N) is 6. The van der Waals surface area contributed by atoms with Crippen LogP contribution in [0, 0.1) is 34.9 Å². The molecule has 3 aromatic carbocycles. The highest BCUT2D eigenvalue weighted by Crippen LogP contribution is 2.31. The lowest BCUT2D eigenvalue weighted by Crippen LogP contribution is -2.46. The van der Waals surface area contributed by atoms with Gasteiger partial charge in [0.25, 0.3) is 0 Å². The first-order valence-electron chi connectivity index (χ1n) is 18.5. The zero-order valence-corrected chi connectivity index (χ0v) is 34.8. The largest absolute Gasteiger partial charge is 0.478 e. The van der Waals surface area contributed by atoms with Gasteiger partial charge in [-0.1, -0.05) is 18.2 Å². The van der Waals surface area contributed by atoms with E-state index in [2.05, 4.69) is 31.9 Å². The summed E-state index contributed by atoms with van der Waals surface area (Å²) in [5, 5.41) is 23.8. The first kappa shape index (κ1) is 50.2. The first-order valence-corrected chi connectivity index (χ1v) is 18.5. The van der Waals surface area contributed by atoms with Gasteiger partial charge in [0.05, 0.1) is 86.0 Å². The van der Waals surface area contributed by atoms with E-state index in [1.54, 1.807) is 0 Å². The van der Waals surface area contributed by atoms with Crippen LogP contribution in [0.2, 0.25) is 0 Å². The number of aliphatic carboxylic acids is 1. The number of rotatable bonds is 12. The highest BCUT2D eigenvalue weighted by molar-refractivity contribution is 5.96. The molecule has 0 spiro atoms. The van der Waals surface area contributed by atoms with Crippen molar-refractivity contribution in [3.05, 3.63) is 140 Å². The van der Waals surface area contributed by atoms with Crippen molar-refractivity contribution >= 4 is 36.0 Å². The molecular formula is C41H40F6N6O12. The summed E-state index contributed by atoms with van der Waals surface area (Å²) >= 11 is 0. The van der Waals surface area contributed by atoms with Gasteiger partial charge in [-0.15, -0.1) is 0 Å². The molecule has 65 heavy (non-hydrogen) atoms. The van der Waals surface area contributed by atoms with Crippen LogP contribution in [0.4, 0.5) is 40.7 Å². The van der Waals surface area contributed by atoms with Crippen molar-refractivity contribution in [3.8, 4) is 0 Å². The molecule has 0 radical (unpaired) electrons. The summed E-state index contributed by atoms with van der Waals surface area (Å²) in [4.78, 5) is 70.4. The molecule has 0 saturated heterocycles. The fraction of sp³-hybridized carbons (Fsp3) is 0.268. The third kappa shape index (κ3) is 12.4. The normalized spacial score (nSPS) is 18.0. The van der Waals surface area contributed by atoms with E-state index in [-0.39, 0.29) is 70.3 Å². The minimum absolute atomic E-state index is 0.0436. The van der Waals surface area contributed by atoms with Gasteiger partial charge < -0.3 is 60.7 Å². The van der Waals surface area contributed by atoms with Crippen LogP contribution in [0.3, 0.4) is 0 Å². The average Bonchev–Trinajstić information content (AvgIpc) is 3.26. The second-order valence-electron chi connectivity index (χ2n) is 13.4. The lowest BCUT2D eigenvalue weighted by Gasteiger charge is -2.28. The molecule has 0 fully saturated rings. The van der Waals surface area contributed by atoms with Gasteiger partial charge in [0.2, 0.25) is 0 Å². The predicted molar refractivity (Wildman–Crippen MR) is 211 cm³/mol. The predicted octanol–water partition coefficient (Wildman–Crippen LogP) is 4.09. The Morgan fingerprint density at radius 3 is 1.00 bits per heavy atom. The fourth-order valence-electron chi connectivity index (χ4n) is 6.41. The Hall–Kier alpha value is -7.44. The minimum Gasteiger partial charge on any atom is -0.478 e. The Kier molecular flexibility index (Phi) is 17.6. The van der Waals surface area contributed by atoms with E-state index in [4.69, 9.17) is 23.7 Å². The van der Waals surface area contributed by atoms with Crippen molar-refractivity contribution in [2.24, 2.45) is 0 Å². The van der Waals surface area contributed by atoms with Crippen molar-refractivity contribution < 1.29 is 83.9 Å². The summed E-state index contributed by atoms with van der Waals surface area (Å²) in [6, 6.07) is 4.29. The molecule has 7 N–H and O–H groups in total. The number of hydrogen-bond acceptors (Lipinski definition) is 11. The maximum absolute atomic E-state index is 13.4. The number of urea groups is 3. The summed E-state index contributed by atoms with van der Waals surface area (Å²) in [6.07, 6.45) is 0. The van der Waals surface area contributed by atoms with Crippen LogP contribution < -0.4 is 31.9 Å². The summed E-state index contributed by atoms with van der Waals surface area (Å²) in [7, 11) is 6.48. The SMILES string of the molecule is COCC1=C(C(=O)O)[C@@H](c2ccc(F)c(F)c2)NC(=O)N1.COCC1=C(C(=O)OC)C(c2ccc(F)c(F)c2)NC(=O)N1.COCC1=C(C(=O)OC)[C@H](c2ccc(F)c(F)c2)NC(=O)N1. The van der Waals surface area contributed by atoms with Crippen LogP contribution in [-0.2, 0) is 38.1 Å². The van der Waals surface area contributed by atoms with Crippen LogP contribution >= 0.6 is 0 Å². The third-order valence-electron chi connectivity index (χ3n) is 9.20. The fourth-order valence-corrected chi connectivity index (χ4v) is 6.41. The summed E-state index contributed by atoms with van der Waals surface area (Å²) < 4.78 is 103. The van der Waals surface area contributed by atoms with E-state index in [1.165, 1.54) is 53.7 Å². The molecule has 6 amide bonds. The zero-order chi connectivity index (χ0) is 48.1. The summed E-state index contributed by atoms with van der Waals surface area (Å²) in [5.74, 6) is -9.12. The van der Waals surface area contributed by atoms with Crippen molar-refractivity contribution in [1.82, 2.24) is 31.9 Å². The zero-order valence-electron chi connectivity index (χ0n) is 34.8. The molecule has 24 heteroatoms. The van der Waals surface area contributed by atoms with E-state index >= 15 is 0 Å². The van der Waals surface area contributed by atoms with Gasteiger partial charge in [0.15, 0.2) is 34.9 Å². The van der Waals surface area contributed by atoms with Gasteiger partial charge in [-0.2, -0.15) is 0 Å². The molecule has 3 aromatic rings. The molecule has 0 aromatic heterocycles. The van der Waals surface area contributed by atoms with Crippen molar-refractivity contribution in [3.63, 3.8) is 0 Å². The molecule has 6 rings (SSSR count). The second kappa shape index (κ2) is 22.8. The van der Waals surface area contributed by atoms with E-state index < -0.39 is 89.0 Å². The molecule has 18 nitrogen and oxygen atoms in total. The van der Waals surface area contributed by atoms with E-state index in [9.17, 15) is 60.2 Å². The van der Waals surface area contributed by atoms with E-state index in [0.29, 0.717) is 0 Å². The van der Waals surface area contributed by atoms with E-state index in [0.717, 1.165) is 36.4 Å². The second-order valence-corrected chi connectivity index (χ2v) is 13.4. The van der Waals surface area contributed by atoms with Crippen molar-refractivity contribution in [2.45, 2.75) is 18.1 Å². The number of methoxy groups -OCH3 is 5. The van der Waals surface area contributed by atoms with Crippen molar-refractivity contribution in [2.75, 3.05) is 55.4 Å². The van der Waals surface area contributed by atoms with Crippen LogP contribution in [0.25, 0.3) is 0 Å². The van der Waals surface area contributed by atoms with Crippen LogP contribution in [0.5, 0.6) is 0 Å². The molecule has 0 aliphatic carbocycles. The standard InChI is InChI=1S/2C14H14F2N2O4.C13H12F2N2O4/c2*1-21-6-10-11(13(19)22-2)12(18-14(20)17-10)7-3-4-8(15)9(16)5-7;1-21-5-9-10(12(18)19)11(17-13(20)16-9)6-2-3-7(14)8(15)4-6/h2*3-5,12H,6H2,1-2H3,(H2,17,18,20);2-4,11H,5H2,1H3,(H,18,19)(H2,16,17,20)/t12-;;11-/m0.1/s1. The Morgan fingerprint density at radius 2 is 0.754 bits per heavy atom. The lowest BCUT2D eigenvalue weighted by atomic mass is 9.95. The third-order valence-corrected chi connectivity index (χ3v) is 9.20. The maximum atomic E-state index is 13.4. The number of carbonyl (C=O) groups is 6. The molecule has 0 saturated carbocycles. The molecule has 348 valence electrons. The van der Waals surface area contributed by atoms with Gasteiger partial charge in [-0.3, -0.25) is 0 Å². The van der Waals surface area contributed by atoms with Gasteiger partial charge >= 0.3 is 36.0 Å². The molecule has 0 bridgehead atoms. The highest BCUT2D eigenvalue weighted by atomic mass is 19.2. The highest BCUT2D eigenvalue weighted by Gasteiger charge is 2.36. The molecule has 3 aliphatic rings. The first-order chi connectivity index (χ1) is 30.9. The van der Waals surface area contributed by atoms with Gasteiger partial charge in [-0.25, -0.2) is 55.1 Å². The Labute approximate surface area is 364 Å². The van der Waals surface area contributed by atoms with Crippen LogP contribution in [-0.4, -0.2) is 96.5 Å². The number of carboxylic acid groups (broad SMARTS) is 1. The van der Waals surface area contributed by atoms with Gasteiger partial charge in [-0.05, 0) is 53.1 Å². The summed E-state index contributed by atoms with van der Waals surface area (Å²) in [5.41, 5.74) is 0.941. The van der Waals surface area contributed by atoms with E-state index in [1.807, 2.05) is 0 Å². The Balaban J connectivity index is 0.000000213.